The highest BCUT2D eigenvalue weighted by atomic mass is 16.2. The van der Waals surface area contributed by atoms with Crippen molar-refractivity contribution >= 4 is 16.8 Å². The highest BCUT2D eigenvalue weighted by Gasteiger charge is 2.08. The Morgan fingerprint density at radius 1 is 1.16 bits per heavy atom. The third-order valence-corrected chi connectivity index (χ3v) is 4.10. The van der Waals surface area contributed by atoms with Crippen molar-refractivity contribution in [2.75, 3.05) is 6.54 Å². The van der Waals surface area contributed by atoms with Gasteiger partial charge in [-0.2, -0.15) is 0 Å². The number of aromatic nitrogens is 2. The molecule has 0 bridgehead atoms. The first kappa shape index (κ1) is 16.9. The van der Waals surface area contributed by atoms with Gasteiger partial charge < -0.3 is 5.32 Å². The lowest BCUT2D eigenvalue weighted by Gasteiger charge is -2.08. The lowest BCUT2D eigenvalue weighted by Crippen LogP contribution is -2.33. The fraction of sp³-hybridized carbons (Fsp3) is 0.250. The molecule has 5 heteroatoms. The summed E-state index contributed by atoms with van der Waals surface area (Å²) in [6.45, 7) is 2.50. The van der Waals surface area contributed by atoms with E-state index in [-0.39, 0.29) is 18.0 Å². The molecule has 0 radical (unpaired) electrons. The van der Waals surface area contributed by atoms with Gasteiger partial charge in [0.15, 0.2) is 0 Å². The molecule has 0 aliphatic rings. The van der Waals surface area contributed by atoms with E-state index < -0.39 is 0 Å². The molecule has 3 rings (SSSR count). The van der Waals surface area contributed by atoms with Crippen molar-refractivity contribution in [3.63, 3.8) is 0 Å². The Balaban J connectivity index is 1.57. The Kier molecular flexibility index (Phi) is 5.23. The van der Waals surface area contributed by atoms with Crippen molar-refractivity contribution in [2.24, 2.45) is 0 Å². The first-order chi connectivity index (χ1) is 12.1. The zero-order chi connectivity index (χ0) is 17.6. The van der Waals surface area contributed by atoms with Crippen LogP contribution in [0.25, 0.3) is 10.9 Å². The van der Waals surface area contributed by atoms with Gasteiger partial charge in [-0.25, -0.2) is 4.98 Å². The second-order valence-corrected chi connectivity index (χ2v) is 6.14. The largest absolute Gasteiger partial charge is 0.355 e. The predicted octanol–water partition coefficient (Wildman–Crippen LogP) is 2.45. The topological polar surface area (TPSA) is 64.0 Å². The molecule has 1 heterocycles. The molecule has 25 heavy (non-hydrogen) atoms. The normalized spacial score (nSPS) is 10.8. The molecule has 1 N–H and O–H groups in total. The number of hydrogen-bond acceptors (Lipinski definition) is 3. The number of aryl methyl sites for hydroxylation is 2. The molecule has 0 saturated heterocycles. The van der Waals surface area contributed by atoms with Crippen LogP contribution >= 0.6 is 0 Å². The predicted molar refractivity (Wildman–Crippen MR) is 98.5 cm³/mol. The number of nitrogens with zero attached hydrogens (tertiary/aromatic N) is 2. The zero-order valence-corrected chi connectivity index (χ0v) is 14.2. The number of fused-ring (bicyclic) bond motifs is 1. The first-order valence-electron chi connectivity index (χ1n) is 8.40. The third-order valence-electron chi connectivity index (χ3n) is 4.10. The summed E-state index contributed by atoms with van der Waals surface area (Å²) in [4.78, 5) is 28.8. The number of carbonyl (C=O) groups is 1. The van der Waals surface area contributed by atoms with Crippen LogP contribution in [0, 0.1) is 6.92 Å². The van der Waals surface area contributed by atoms with E-state index in [9.17, 15) is 9.59 Å². The maximum atomic E-state index is 12.5. The van der Waals surface area contributed by atoms with Gasteiger partial charge in [-0.05, 0) is 37.5 Å². The molecule has 3 aromatic rings. The Bertz CT molecular complexity index is 933. The van der Waals surface area contributed by atoms with Crippen molar-refractivity contribution in [1.82, 2.24) is 14.9 Å². The van der Waals surface area contributed by atoms with Crippen LogP contribution < -0.4 is 10.9 Å². The smallest absolute Gasteiger partial charge is 0.261 e. The second kappa shape index (κ2) is 7.75. The minimum absolute atomic E-state index is 0.0128. The maximum Gasteiger partial charge on any atom is 0.261 e. The van der Waals surface area contributed by atoms with Crippen molar-refractivity contribution in [1.29, 1.82) is 0 Å². The SMILES string of the molecule is Cc1ccc2ncn(CC(=O)NCCCc3ccccc3)c(=O)c2c1. The summed E-state index contributed by atoms with van der Waals surface area (Å²) in [6.07, 6.45) is 3.21. The molecule has 0 saturated carbocycles. The van der Waals surface area contributed by atoms with Gasteiger partial charge in [0.05, 0.1) is 17.2 Å². The fourth-order valence-corrected chi connectivity index (χ4v) is 2.76. The van der Waals surface area contributed by atoms with Gasteiger partial charge in [0.2, 0.25) is 5.91 Å². The van der Waals surface area contributed by atoms with Crippen molar-refractivity contribution < 1.29 is 4.79 Å². The summed E-state index contributed by atoms with van der Waals surface area (Å²) in [5.74, 6) is -0.177. The van der Waals surface area contributed by atoms with Crippen molar-refractivity contribution in [2.45, 2.75) is 26.3 Å². The molecular weight excluding hydrogens is 314 g/mol. The molecule has 2 aromatic carbocycles. The van der Waals surface area contributed by atoms with Crippen LogP contribution in [-0.2, 0) is 17.8 Å². The average Bonchev–Trinajstić information content (AvgIpc) is 2.62. The highest BCUT2D eigenvalue weighted by Crippen LogP contribution is 2.08. The number of carbonyl (C=O) groups excluding carboxylic acids is 1. The Morgan fingerprint density at radius 3 is 2.76 bits per heavy atom. The molecule has 1 amide bonds. The fourth-order valence-electron chi connectivity index (χ4n) is 2.76. The van der Waals surface area contributed by atoms with Gasteiger partial charge in [0.1, 0.15) is 6.54 Å². The number of amides is 1. The molecule has 0 unspecified atom stereocenters. The van der Waals surface area contributed by atoms with Crippen LogP contribution in [0.4, 0.5) is 0 Å². The quantitative estimate of drug-likeness (QED) is 0.704. The summed E-state index contributed by atoms with van der Waals surface area (Å²) in [7, 11) is 0. The van der Waals surface area contributed by atoms with Crippen molar-refractivity contribution in [3.05, 3.63) is 76.3 Å². The van der Waals surface area contributed by atoms with E-state index >= 15 is 0 Å². The summed E-state index contributed by atoms with van der Waals surface area (Å²) < 4.78 is 1.36. The molecule has 0 fully saturated rings. The van der Waals surface area contributed by atoms with E-state index in [1.54, 1.807) is 6.07 Å². The van der Waals surface area contributed by atoms with E-state index in [1.807, 2.05) is 37.3 Å². The molecule has 128 valence electrons. The average molecular weight is 335 g/mol. The van der Waals surface area contributed by atoms with Crippen LogP contribution in [-0.4, -0.2) is 22.0 Å². The van der Waals surface area contributed by atoms with Crippen molar-refractivity contribution in [3.8, 4) is 0 Å². The van der Waals surface area contributed by atoms with Crippen LogP contribution in [0.3, 0.4) is 0 Å². The second-order valence-electron chi connectivity index (χ2n) is 6.14. The lowest BCUT2D eigenvalue weighted by molar-refractivity contribution is -0.121. The molecule has 0 aliphatic heterocycles. The van der Waals surface area contributed by atoms with Gasteiger partial charge in [0, 0.05) is 6.54 Å². The number of benzene rings is 2. The monoisotopic (exact) mass is 335 g/mol. The van der Waals surface area contributed by atoms with Gasteiger partial charge in [-0.3, -0.25) is 14.2 Å². The van der Waals surface area contributed by atoms with Gasteiger partial charge in [-0.15, -0.1) is 0 Å². The standard InChI is InChI=1S/C20H21N3O2/c1-15-9-10-18-17(12-15)20(25)23(14-22-18)13-19(24)21-11-5-8-16-6-3-2-4-7-16/h2-4,6-7,9-10,12,14H,5,8,11,13H2,1H3,(H,21,24). The Hall–Kier alpha value is -2.95. The third kappa shape index (κ3) is 4.32. The van der Waals surface area contributed by atoms with Crippen LogP contribution in [0.1, 0.15) is 17.5 Å². The van der Waals surface area contributed by atoms with Gasteiger partial charge >= 0.3 is 0 Å². The minimum Gasteiger partial charge on any atom is -0.355 e. The number of hydrogen-bond donors (Lipinski definition) is 1. The minimum atomic E-state index is -0.187. The zero-order valence-electron chi connectivity index (χ0n) is 14.2. The van der Waals surface area contributed by atoms with E-state index in [0.717, 1.165) is 18.4 Å². The summed E-state index contributed by atoms with van der Waals surface area (Å²) in [6, 6.07) is 15.7. The Labute approximate surface area is 146 Å². The van der Waals surface area contributed by atoms with Crippen LogP contribution in [0.2, 0.25) is 0 Å². The van der Waals surface area contributed by atoms with E-state index in [0.29, 0.717) is 17.4 Å². The molecule has 0 spiro atoms. The summed E-state index contributed by atoms with van der Waals surface area (Å²) in [5.41, 5.74) is 2.71. The number of nitrogens with one attached hydrogen (secondary N) is 1. The molecule has 0 atom stereocenters. The maximum absolute atomic E-state index is 12.5. The molecular formula is C20H21N3O2. The summed E-state index contributed by atoms with van der Waals surface area (Å²) >= 11 is 0. The molecule has 1 aromatic heterocycles. The molecule has 0 aliphatic carbocycles. The highest BCUT2D eigenvalue weighted by molar-refractivity contribution is 5.79. The van der Waals surface area contributed by atoms with E-state index in [1.165, 1.54) is 16.5 Å². The van der Waals surface area contributed by atoms with E-state index in [2.05, 4.69) is 22.4 Å². The lowest BCUT2D eigenvalue weighted by atomic mass is 10.1. The molecule has 5 nitrogen and oxygen atoms in total. The summed E-state index contributed by atoms with van der Waals surface area (Å²) in [5, 5.41) is 3.40. The van der Waals surface area contributed by atoms with Crippen LogP contribution in [0.5, 0.6) is 0 Å². The number of rotatable bonds is 6. The van der Waals surface area contributed by atoms with Gasteiger partial charge in [-0.1, -0.05) is 42.0 Å². The van der Waals surface area contributed by atoms with Gasteiger partial charge in [0.25, 0.3) is 5.56 Å². The van der Waals surface area contributed by atoms with E-state index in [4.69, 9.17) is 0 Å². The first-order valence-corrected chi connectivity index (χ1v) is 8.40. The Morgan fingerprint density at radius 2 is 1.96 bits per heavy atom. The van der Waals surface area contributed by atoms with Crippen LogP contribution in [0.15, 0.2) is 59.7 Å².